The highest BCUT2D eigenvalue weighted by molar-refractivity contribution is 7.17. The van der Waals surface area contributed by atoms with Crippen LogP contribution in [-0.4, -0.2) is 25.9 Å². The molecule has 0 aliphatic carbocycles. The van der Waals surface area contributed by atoms with Crippen molar-refractivity contribution in [2.45, 2.75) is 0 Å². The summed E-state index contributed by atoms with van der Waals surface area (Å²) in [6, 6.07) is 9.30. The third-order valence-electron chi connectivity index (χ3n) is 5.16. The van der Waals surface area contributed by atoms with E-state index in [1.807, 2.05) is 42.6 Å². The van der Waals surface area contributed by atoms with Crippen LogP contribution in [-0.2, 0) is 9.59 Å². The van der Waals surface area contributed by atoms with Crippen LogP contribution in [0.25, 0.3) is 32.2 Å². The molecule has 150 valence electrons. The Morgan fingerprint density at radius 2 is 1.63 bits per heavy atom. The third kappa shape index (κ3) is 2.83. The second-order valence-corrected chi connectivity index (χ2v) is 8.90. The number of carbonyl (C=O) groups is 2. The number of furan rings is 1. The van der Waals surface area contributed by atoms with Gasteiger partial charge in [-0.3, -0.25) is 14.9 Å². The number of hydrogen-bond acceptors (Lipinski definition) is 5. The molecule has 1 aliphatic rings. The Labute approximate surface area is 185 Å². The summed E-state index contributed by atoms with van der Waals surface area (Å²) in [5, 5.41) is 6.57. The lowest BCUT2D eigenvalue weighted by molar-refractivity contribution is -0.122. The van der Waals surface area contributed by atoms with Crippen molar-refractivity contribution >= 4 is 84.2 Å². The van der Waals surface area contributed by atoms with E-state index in [1.54, 1.807) is 12.1 Å². The molecule has 0 unspecified atom stereocenters. The second-order valence-electron chi connectivity index (χ2n) is 7.17. The number of carbonyl (C=O) groups excluding carboxylic acids is 2. The van der Waals surface area contributed by atoms with E-state index in [4.69, 9.17) is 27.6 Å². The van der Waals surface area contributed by atoms with E-state index in [9.17, 15) is 9.59 Å². The van der Waals surface area contributed by atoms with Crippen LogP contribution in [0, 0.1) is 0 Å². The van der Waals surface area contributed by atoms with Crippen molar-refractivity contribution in [1.82, 2.24) is 5.32 Å². The fourth-order valence-corrected chi connectivity index (χ4v) is 4.92. The standard InChI is InChI=1S/C22H14Cl2N2O3S/c1-26(2)10-3-4-18-12(5-10)14(9-30-18)20-19(21(27)25-22(20)28)13-8-29-17-7-16(24)15(23)6-11(13)17/h3-9H,1-2H3,(H,25,27,28). The van der Waals surface area contributed by atoms with Crippen LogP contribution in [0.5, 0.6) is 0 Å². The summed E-state index contributed by atoms with van der Waals surface area (Å²) in [5.74, 6) is -0.897. The molecule has 3 heterocycles. The lowest BCUT2D eigenvalue weighted by atomic mass is 9.95. The molecular formula is C22H14Cl2N2O3S. The van der Waals surface area contributed by atoms with Crippen molar-refractivity contribution in [3.63, 3.8) is 0 Å². The van der Waals surface area contributed by atoms with E-state index >= 15 is 0 Å². The Balaban J connectivity index is 1.81. The number of benzene rings is 2. The molecule has 1 aliphatic heterocycles. The highest BCUT2D eigenvalue weighted by atomic mass is 35.5. The summed E-state index contributed by atoms with van der Waals surface area (Å²) in [6.07, 6.45) is 1.46. The van der Waals surface area contributed by atoms with Gasteiger partial charge in [0.15, 0.2) is 0 Å². The Morgan fingerprint density at radius 1 is 0.933 bits per heavy atom. The Kier molecular flexibility index (Phi) is 4.39. The smallest absolute Gasteiger partial charge is 0.259 e. The lowest BCUT2D eigenvalue weighted by Gasteiger charge is -2.12. The van der Waals surface area contributed by atoms with Gasteiger partial charge in [0.05, 0.1) is 27.5 Å². The van der Waals surface area contributed by atoms with Crippen LogP contribution in [0.4, 0.5) is 5.69 Å². The molecular weight excluding hydrogens is 443 g/mol. The van der Waals surface area contributed by atoms with Crippen LogP contribution >= 0.6 is 34.5 Å². The minimum absolute atomic E-state index is 0.270. The molecule has 8 heteroatoms. The molecule has 2 aromatic heterocycles. The molecule has 2 aromatic carbocycles. The average molecular weight is 457 g/mol. The molecule has 30 heavy (non-hydrogen) atoms. The second kappa shape index (κ2) is 6.87. The summed E-state index contributed by atoms with van der Waals surface area (Å²) in [6.45, 7) is 0. The highest BCUT2D eigenvalue weighted by Crippen LogP contribution is 2.42. The first-order chi connectivity index (χ1) is 14.3. The van der Waals surface area contributed by atoms with Gasteiger partial charge in [-0.15, -0.1) is 11.3 Å². The molecule has 0 radical (unpaired) electrons. The monoisotopic (exact) mass is 456 g/mol. The van der Waals surface area contributed by atoms with Crippen LogP contribution in [0.2, 0.25) is 10.0 Å². The van der Waals surface area contributed by atoms with Gasteiger partial charge in [0.2, 0.25) is 0 Å². The van der Waals surface area contributed by atoms with E-state index in [0.29, 0.717) is 37.7 Å². The van der Waals surface area contributed by atoms with Crippen molar-refractivity contribution in [2.24, 2.45) is 0 Å². The lowest BCUT2D eigenvalue weighted by Crippen LogP contribution is -2.22. The summed E-state index contributed by atoms with van der Waals surface area (Å²) >= 11 is 13.8. The molecule has 0 spiro atoms. The maximum absolute atomic E-state index is 12.8. The fourth-order valence-electron chi connectivity index (χ4n) is 3.67. The molecule has 5 nitrogen and oxygen atoms in total. The zero-order valence-corrected chi connectivity index (χ0v) is 18.2. The zero-order valence-electron chi connectivity index (χ0n) is 15.9. The van der Waals surface area contributed by atoms with Gasteiger partial charge < -0.3 is 9.32 Å². The normalized spacial score (nSPS) is 14.3. The van der Waals surface area contributed by atoms with E-state index in [-0.39, 0.29) is 5.57 Å². The van der Waals surface area contributed by atoms with Crippen molar-refractivity contribution in [1.29, 1.82) is 0 Å². The number of hydrogen-bond donors (Lipinski definition) is 1. The zero-order chi connectivity index (χ0) is 21.2. The highest BCUT2D eigenvalue weighted by Gasteiger charge is 2.35. The molecule has 1 N–H and O–H groups in total. The number of anilines is 1. The number of fused-ring (bicyclic) bond motifs is 2. The van der Waals surface area contributed by atoms with Crippen molar-refractivity contribution in [2.75, 3.05) is 19.0 Å². The Bertz CT molecular complexity index is 1410. The van der Waals surface area contributed by atoms with Gasteiger partial charge in [0.25, 0.3) is 11.8 Å². The van der Waals surface area contributed by atoms with Gasteiger partial charge >= 0.3 is 0 Å². The number of nitrogens with zero attached hydrogens (tertiary/aromatic N) is 1. The Hall–Kier alpha value is -2.80. The number of amides is 2. The van der Waals surface area contributed by atoms with Crippen LogP contribution < -0.4 is 10.2 Å². The number of thiophene rings is 1. The van der Waals surface area contributed by atoms with Crippen LogP contribution in [0.3, 0.4) is 0 Å². The van der Waals surface area contributed by atoms with Crippen molar-refractivity contribution < 1.29 is 14.0 Å². The van der Waals surface area contributed by atoms with E-state index in [2.05, 4.69) is 5.32 Å². The average Bonchev–Trinajstić information content (AvgIpc) is 3.36. The van der Waals surface area contributed by atoms with E-state index in [1.165, 1.54) is 17.6 Å². The SMILES string of the molecule is CN(C)c1ccc2scc(C3=C(c4coc5cc(Cl)c(Cl)cc45)C(=O)NC3=O)c2c1. The fraction of sp³-hybridized carbons (Fsp3) is 0.0909. The number of imide groups is 1. The topological polar surface area (TPSA) is 62.6 Å². The number of nitrogens with one attached hydrogen (secondary N) is 1. The largest absolute Gasteiger partial charge is 0.464 e. The maximum atomic E-state index is 12.8. The van der Waals surface area contributed by atoms with Gasteiger partial charge in [-0.2, -0.15) is 0 Å². The van der Waals surface area contributed by atoms with Gasteiger partial charge in [0, 0.05) is 57.8 Å². The first-order valence-corrected chi connectivity index (χ1v) is 10.6. The van der Waals surface area contributed by atoms with Crippen molar-refractivity contribution in [3.8, 4) is 0 Å². The molecule has 0 saturated heterocycles. The summed E-state index contributed by atoms with van der Waals surface area (Å²) < 4.78 is 6.64. The summed E-state index contributed by atoms with van der Waals surface area (Å²) in [4.78, 5) is 27.6. The van der Waals surface area contributed by atoms with Gasteiger partial charge in [0.1, 0.15) is 5.58 Å². The first-order valence-electron chi connectivity index (χ1n) is 9.00. The number of halogens is 2. The summed E-state index contributed by atoms with van der Waals surface area (Å²) in [7, 11) is 3.91. The van der Waals surface area contributed by atoms with Crippen molar-refractivity contribution in [3.05, 3.63) is 63.1 Å². The van der Waals surface area contributed by atoms with Crippen LogP contribution in [0.15, 0.2) is 46.4 Å². The molecule has 5 rings (SSSR count). The maximum Gasteiger partial charge on any atom is 0.259 e. The predicted molar refractivity (Wildman–Crippen MR) is 122 cm³/mol. The minimum Gasteiger partial charge on any atom is -0.464 e. The Morgan fingerprint density at radius 3 is 2.37 bits per heavy atom. The third-order valence-corrected chi connectivity index (χ3v) is 6.85. The molecule has 0 atom stereocenters. The number of rotatable bonds is 3. The summed E-state index contributed by atoms with van der Waals surface area (Å²) in [5.41, 5.74) is 3.31. The molecule has 2 amide bonds. The molecule has 0 saturated carbocycles. The molecule has 0 fully saturated rings. The molecule has 4 aromatic rings. The van der Waals surface area contributed by atoms with E-state index in [0.717, 1.165) is 15.8 Å². The van der Waals surface area contributed by atoms with Gasteiger partial charge in [-0.1, -0.05) is 23.2 Å². The quantitative estimate of drug-likeness (QED) is 0.408. The van der Waals surface area contributed by atoms with Gasteiger partial charge in [-0.25, -0.2) is 0 Å². The van der Waals surface area contributed by atoms with E-state index < -0.39 is 11.8 Å². The van der Waals surface area contributed by atoms with Gasteiger partial charge in [-0.05, 0) is 24.3 Å². The van der Waals surface area contributed by atoms with Crippen LogP contribution in [0.1, 0.15) is 11.1 Å². The minimum atomic E-state index is -0.466. The molecule has 0 bridgehead atoms. The predicted octanol–water partition coefficient (Wildman–Crippen LogP) is 5.59. The first kappa shape index (κ1) is 19.2.